The highest BCUT2D eigenvalue weighted by Gasteiger charge is 2.22. The van der Waals surface area contributed by atoms with Gasteiger partial charge < -0.3 is 10.6 Å². The second kappa shape index (κ2) is 6.14. The molecule has 2 rings (SSSR count). The van der Waals surface area contributed by atoms with E-state index in [9.17, 15) is 0 Å². The predicted molar refractivity (Wildman–Crippen MR) is 74.6 cm³/mol. The largest absolute Gasteiger partial charge is 0.351 e. The smallest absolute Gasteiger partial charge is 0.151 e. The third-order valence-corrected chi connectivity index (χ3v) is 3.52. The van der Waals surface area contributed by atoms with Crippen molar-refractivity contribution in [2.75, 3.05) is 18.0 Å². The molecule has 0 spiro atoms. The number of nitrogens with two attached hydrogens (primary N) is 1. The number of rotatable bonds is 4. The van der Waals surface area contributed by atoms with Gasteiger partial charge in [0.1, 0.15) is 0 Å². The van der Waals surface area contributed by atoms with E-state index >= 15 is 0 Å². The molecule has 1 fully saturated rings. The Morgan fingerprint density at radius 2 is 2.17 bits per heavy atom. The molecule has 1 unspecified atom stereocenters. The first kappa shape index (κ1) is 13.3. The van der Waals surface area contributed by atoms with Crippen LogP contribution in [0, 0.1) is 5.92 Å². The molecule has 4 heteroatoms. The lowest BCUT2D eigenvalue weighted by molar-refractivity contribution is 0.460. The van der Waals surface area contributed by atoms with E-state index in [0.717, 1.165) is 24.5 Å². The van der Waals surface area contributed by atoms with Gasteiger partial charge in [0, 0.05) is 19.1 Å². The SMILES string of the molecule is CC(C)Cc1ccc(N2CCCCC2CN)nn1. The van der Waals surface area contributed by atoms with Crippen molar-refractivity contribution in [1.29, 1.82) is 0 Å². The van der Waals surface area contributed by atoms with Gasteiger partial charge in [0.05, 0.1) is 5.69 Å². The van der Waals surface area contributed by atoms with Gasteiger partial charge in [-0.25, -0.2) is 0 Å². The fraction of sp³-hybridized carbons (Fsp3) is 0.714. The molecule has 1 aliphatic heterocycles. The summed E-state index contributed by atoms with van der Waals surface area (Å²) in [4.78, 5) is 2.32. The minimum atomic E-state index is 0.434. The molecule has 0 aromatic carbocycles. The molecule has 1 aliphatic rings. The summed E-state index contributed by atoms with van der Waals surface area (Å²) in [5.74, 6) is 1.61. The van der Waals surface area contributed by atoms with Gasteiger partial charge in [-0.2, -0.15) is 5.10 Å². The van der Waals surface area contributed by atoms with Gasteiger partial charge in [0.25, 0.3) is 0 Å². The average molecular weight is 248 g/mol. The molecule has 1 atom stereocenters. The van der Waals surface area contributed by atoms with Crippen molar-refractivity contribution in [1.82, 2.24) is 10.2 Å². The molecule has 1 saturated heterocycles. The first-order valence-corrected chi connectivity index (χ1v) is 7.00. The van der Waals surface area contributed by atoms with E-state index < -0.39 is 0 Å². The lowest BCUT2D eigenvalue weighted by Crippen LogP contribution is -2.44. The van der Waals surface area contributed by atoms with Crippen LogP contribution >= 0.6 is 0 Å². The quantitative estimate of drug-likeness (QED) is 0.885. The van der Waals surface area contributed by atoms with Crippen LogP contribution in [0.1, 0.15) is 38.8 Å². The number of hydrogen-bond donors (Lipinski definition) is 1. The Balaban J connectivity index is 2.07. The predicted octanol–water partition coefficient (Wildman–Crippen LogP) is 1.99. The van der Waals surface area contributed by atoms with Gasteiger partial charge in [-0.15, -0.1) is 5.10 Å². The average Bonchev–Trinajstić information content (AvgIpc) is 2.39. The van der Waals surface area contributed by atoms with Crippen LogP contribution in [0.3, 0.4) is 0 Å². The molecule has 1 aromatic heterocycles. The van der Waals surface area contributed by atoms with Gasteiger partial charge >= 0.3 is 0 Å². The Bertz CT molecular complexity index is 361. The van der Waals surface area contributed by atoms with Crippen LogP contribution in [0.15, 0.2) is 12.1 Å². The highest BCUT2D eigenvalue weighted by Crippen LogP contribution is 2.22. The Labute approximate surface area is 110 Å². The molecule has 0 aliphatic carbocycles. The molecule has 0 bridgehead atoms. The molecule has 2 heterocycles. The topological polar surface area (TPSA) is 55.0 Å². The maximum Gasteiger partial charge on any atom is 0.151 e. The number of hydrogen-bond acceptors (Lipinski definition) is 4. The van der Waals surface area contributed by atoms with Crippen LogP contribution in [-0.4, -0.2) is 29.3 Å². The molecule has 1 aromatic rings. The normalized spacial score (nSPS) is 20.4. The molecule has 4 nitrogen and oxygen atoms in total. The van der Waals surface area contributed by atoms with E-state index in [2.05, 4.69) is 41.1 Å². The third-order valence-electron chi connectivity index (χ3n) is 3.52. The van der Waals surface area contributed by atoms with Gasteiger partial charge in [-0.3, -0.25) is 0 Å². The monoisotopic (exact) mass is 248 g/mol. The summed E-state index contributed by atoms with van der Waals surface area (Å²) in [5, 5.41) is 8.70. The molecule has 18 heavy (non-hydrogen) atoms. The fourth-order valence-corrected chi connectivity index (χ4v) is 2.58. The Morgan fingerprint density at radius 3 is 2.78 bits per heavy atom. The lowest BCUT2D eigenvalue weighted by atomic mass is 10.0. The molecule has 0 saturated carbocycles. The number of nitrogens with zero attached hydrogens (tertiary/aromatic N) is 3. The van der Waals surface area contributed by atoms with Crippen molar-refractivity contribution < 1.29 is 0 Å². The van der Waals surface area contributed by atoms with Crippen LogP contribution in [0.25, 0.3) is 0 Å². The highest BCUT2D eigenvalue weighted by atomic mass is 15.3. The molecule has 0 radical (unpaired) electrons. The standard InChI is InChI=1S/C14H24N4/c1-11(2)9-12-6-7-14(17-16-12)18-8-4-3-5-13(18)10-15/h6-7,11,13H,3-5,8-10,15H2,1-2H3. The summed E-state index contributed by atoms with van der Waals surface area (Å²) >= 11 is 0. The van der Waals surface area contributed by atoms with Crippen molar-refractivity contribution in [3.63, 3.8) is 0 Å². The Morgan fingerprint density at radius 1 is 1.33 bits per heavy atom. The Kier molecular flexibility index (Phi) is 4.53. The zero-order valence-corrected chi connectivity index (χ0v) is 11.5. The van der Waals surface area contributed by atoms with Gasteiger partial charge in [0.15, 0.2) is 5.82 Å². The number of piperidine rings is 1. The van der Waals surface area contributed by atoms with Crippen LogP contribution < -0.4 is 10.6 Å². The van der Waals surface area contributed by atoms with E-state index in [1.54, 1.807) is 0 Å². The minimum Gasteiger partial charge on any atom is -0.351 e. The fourth-order valence-electron chi connectivity index (χ4n) is 2.58. The van der Waals surface area contributed by atoms with E-state index in [1.165, 1.54) is 19.3 Å². The maximum atomic E-state index is 5.84. The van der Waals surface area contributed by atoms with E-state index in [4.69, 9.17) is 5.73 Å². The minimum absolute atomic E-state index is 0.434. The third kappa shape index (κ3) is 3.19. The summed E-state index contributed by atoms with van der Waals surface area (Å²) in [6.07, 6.45) is 4.67. The number of aromatic nitrogens is 2. The summed E-state index contributed by atoms with van der Waals surface area (Å²) in [5.41, 5.74) is 6.92. The molecule has 0 amide bonds. The summed E-state index contributed by atoms with van der Waals surface area (Å²) in [6, 6.07) is 4.63. The number of anilines is 1. The first-order valence-electron chi connectivity index (χ1n) is 7.00. The van der Waals surface area contributed by atoms with E-state index in [-0.39, 0.29) is 0 Å². The zero-order valence-electron chi connectivity index (χ0n) is 11.5. The summed E-state index contributed by atoms with van der Waals surface area (Å²) in [7, 11) is 0. The van der Waals surface area contributed by atoms with Crippen molar-refractivity contribution in [3.8, 4) is 0 Å². The Hall–Kier alpha value is -1.16. The van der Waals surface area contributed by atoms with Crippen LogP contribution in [0.5, 0.6) is 0 Å². The first-order chi connectivity index (χ1) is 8.70. The van der Waals surface area contributed by atoms with E-state index in [0.29, 0.717) is 18.5 Å². The molecule has 100 valence electrons. The van der Waals surface area contributed by atoms with Crippen LogP contribution in [0.2, 0.25) is 0 Å². The second-order valence-corrected chi connectivity index (χ2v) is 5.56. The van der Waals surface area contributed by atoms with Crippen molar-refractivity contribution in [3.05, 3.63) is 17.8 Å². The van der Waals surface area contributed by atoms with Crippen LogP contribution in [0.4, 0.5) is 5.82 Å². The lowest BCUT2D eigenvalue weighted by Gasteiger charge is -2.35. The molecular formula is C14H24N4. The zero-order chi connectivity index (χ0) is 13.0. The van der Waals surface area contributed by atoms with Crippen molar-refractivity contribution in [2.24, 2.45) is 11.7 Å². The van der Waals surface area contributed by atoms with E-state index in [1.807, 2.05) is 0 Å². The van der Waals surface area contributed by atoms with Gasteiger partial charge in [-0.1, -0.05) is 13.8 Å². The molecule has 2 N–H and O–H groups in total. The van der Waals surface area contributed by atoms with Gasteiger partial charge in [-0.05, 0) is 43.7 Å². The highest BCUT2D eigenvalue weighted by molar-refractivity contribution is 5.39. The summed E-state index contributed by atoms with van der Waals surface area (Å²) < 4.78 is 0. The van der Waals surface area contributed by atoms with Crippen LogP contribution in [-0.2, 0) is 6.42 Å². The summed E-state index contributed by atoms with van der Waals surface area (Å²) in [6.45, 7) is 6.16. The van der Waals surface area contributed by atoms with Gasteiger partial charge in [0.2, 0.25) is 0 Å². The maximum absolute atomic E-state index is 5.84. The van der Waals surface area contributed by atoms with Crippen molar-refractivity contribution in [2.45, 2.75) is 45.6 Å². The second-order valence-electron chi connectivity index (χ2n) is 5.56. The van der Waals surface area contributed by atoms with Crippen molar-refractivity contribution >= 4 is 5.82 Å². The molecular weight excluding hydrogens is 224 g/mol.